The lowest BCUT2D eigenvalue weighted by Crippen LogP contribution is -2.07. The monoisotopic (exact) mass is 325 g/mol. The minimum Gasteiger partial charge on any atom is -0.279 e. The molecule has 0 aliphatic heterocycles. The van der Waals surface area contributed by atoms with Crippen molar-refractivity contribution < 1.29 is 4.79 Å². The van der Waals surface area contributed by atoms with Gasteiger partial charge in [-0.1, -0.05) is 72.8 Å². The molecule has 3 aromatic carbocycles. The molecule has 0 unspecified atom stereocenters. The zero-order valence-corrected chi connectivity index (χ0v) is 14.4. The summed E-state index contributed by atoms with van der Waals surface area (Å²) in [6, 6.07) is 26.8. The molecule has 0 aliphatic rings. The van der Waals surface area contributed by atoms with Crippen molar-refractivity contribution in [3.05, 3.63) is 84.4 Å². The highest BCUT2D eigenvalue weighted by Gasteiger charge is 2.21. The van der Waals surface area contributed by atoms with Crippen LogP contribution >= 0.6 is 0 Å². The molecule has 2 heteroatoms. The van der Waals surface area contributed by atoms with Crippen LogP contribution in [-0.2, 0) is 0 Å². The molecule has 0 bridgehead atoms. The standard InChI is InChI=1S/C23H19NO/c1-16-13-14-20-21(15-16)24(17(2)25)23(19-11-7-4-8-12-19)22(20)18-9-5-3-6-10-18/h3-15H,1-2H3. The molecule has 2 nitrogen and oxygen atoms in total. The normalized spacial score (nSPS) is 11.0. The molecule has 122 valence electrons. The van der Waals surface area contributed by atoms with E-state index in [9.17, 15) is 4.79 Å². The zero-order valence-electron chi connectivity index (χ0n) is 14.4. The van der Waals surface area contributed by atoms with Crippen molar-refractivity contribution in [2.45, 2.75) is 13.8 Å². The molecule has 25 heavy (non-hydrogen) atoms. The second-order valence-electron chi connectivity index (χ2n) is 6.33. The quantitative estimate of drug-likeness (QED) is 0.447. The number of rotatable bonds is 2. The molecule has 0 radical (unpaired) electrons. The number of carbonyl (C=O) groups excluding carboxylic acids is 1. The summed E-state index contributed by atoms with van der Waals surface area (Å²) in [4.78, 5) is 12.6. The van der Waals surface area contributed by atoms with Gasteiger partial charge in [-0.15, -0.1) is 0 Å². The second-order valence-corrected chi connectivity index (χ2v) is 6.33. The van der Waals surface area contributed by atoms with Gasteiger partial charge < -0.3 is 0 Å². The van der Waals surface area contributed by atoms with Gasteiger partial charge in [-0.25, -0.2) is 0 Å². The number of carbonyl (C=O) groups is 1. The zero-order chi connectivity index (χ0) is 17.4. The number of nitrogens with zero attached hydrogens (tertiary/aromatic N) is 1. The van der Waals surface area contributed by atoms with Crippen LogP contribution in [0.25, 0.3) is 33.3 Å². The summed E-state index contributed by atoms with van der Waals surface area (Å²) >= 11 is 0. The molecule has 0 atom stereocenters. The SMILES string of the molecule is CC(=O)n1c(-c2ccccc2)c(-c2ccccc2)c2ccc(C)cc21. The van der Waals surface area contributed by atoms with Crippen LogP contribution in [0, 0.1) is 6.92 Å². The Morgan fingerprint density at radius 2 is 1.40 bits per heavy atom. The summed E-state index contributed by atoms with van der Waals surface area (Å²) in [5.74, 6) is 0.0247. The van der Waals surface area contributed by atoms with E-state index in [1.54, 1.807) is 6.92 Å². The van der Waals surface area contributed by atoms with Crippen molar-refractivity contribution in [3.8, 4) is 22.4 Å². The van der Waals surface area contributed by atoms with Crippen LogP contribution in [-0.4, -0.2) is 10.5 Å². The smallest absolute Gasteiger partial charge is 0.228 e. The van der Waals surface area contributed by atoms with Crippen LogP contribution in [0.4, 0.5) is 0 Å². The van der Waals surface area contributed by atoms with Crippen LogP contribution in [0.2, 0.25) is 0 Å². The summed E-state index contributed by atoms with van der Waals surface area (Å²) in [5.41, 5.74) is 6.34. The average Bonchev–Trinajstić information content (AvgIpc) is 2.97. The molecular weight excluding hydrogens is 306 g/mol. The highest BCUT2D eigenvalue weighted by molar-refractivity contribution is 6.09. The van der Waals surface area contributed by atoms with Gasteiger partial charge in [-0.3, -0.25) is 9.36 Å². The minimum absolute atomic E-state index is 0.0247. The summed E-state index contributed by atoms with van der Waals surface area (Å²) < 4.78 is 1.85. The Hall–Kier alpha value is -3.13. The maximum atomic E-state index is 12.6. The fourth-order valence-electron chi connectivity index (χ4n) is 3.49. The van der Waals surface area contributed by atoms with Crippen LogP contribution in [0.3, 0.4) is 0 Å². The van der Waals surface area contributed by atoms with Gasteiger partial charge in [0.05, 0.1) is 11.2 Å². The Labute approximate surface area is 147 Å². The molecule has 0 N–H and O–H groups in total. The van der Waals surface area contributed by atoms with Gasteiger partial charge in [-0.05, 0) is 29.7 Å². The van der Waals surface area contributed by atoms with E-state index in [-0.39, 0.29) is 5.91 Å². The molecule has 0 saturated heterocycles. The lowest BCUT2D eigenvalue weighted by Gasteiger charge is -2.10. The lowest BCUT2D eigenvalue weighted by atomic mass is 9.98. The number of aryl methyl sites for hydroxylation is 1. The van der Waals surface area contributed by atoms with Crippen molar-refractivity contribution in [1.82, 2.24) is 4.57 Å². The van der Waals surface area contributed by atoms with Crippen molar-refractivity contribution in [2.24, 2.45) is 0 Å². The fraction of sp³-hybridized carbons (Fsp3) is 0.0870. The van der Waals surface area contributed by atoms with Gasteiger partial charge in [0.15, 0.2) is 0 Å². The van der Waals surface area contributed by atoms with E-state index in [2.05, 4.69) is 49.4 Å². The van der Waals surface area contributed by atoms with Gasteiger partial charge in [0.1, 0.15) is 0 Å². The van der Waals surface area contributed by atoms with E-state index < -0.39 is 0 Å². The summed E-state index contributed by atoms with van der Waals surface area (Å²) in [7, 11) is 0. The van der Waals surface area contributed by atoms with Crippen LogP contribution in [0.15, 0.2) is 78.9 Å². The summed E-state index contributed by atoms with van der Waals surface area (Å²) in [6.07, 6.45) is 0. The van der Waals surface area contributed by atoms with Gasteiger partial charge >= 0.3 is 0 Å². The Kier molecular flexibility index (Phi) is 3.73. The van der Waals surface area contributed by atoms with Crippen molar-refractivity contribution in [3.63, 3.8) is 0 Å². The molecule has 0 amide bonds. The topological polar surface area (TPSA) is 22.0 Å². The Bertz CT molecular complexity index is 1060. The molecule has 1 heterocycles. The van der Waals surface area contributed by atoms with Crippen molar-refractivity contribution in [1.29, 1.82) is 0 Å². The molecule has 4 aromatic rings. The van der Waals surface area contributed by atoms with Crippen LogP contribution in [0.5, 0.6) is 0 Å². The van der Waals surface area contributed by atoms with Gasteiger partial charge in [0, 0.05) is 17.9 Å². The van der Waals surface area contributed by atoms with E-state index in [4.69, 9.17) is 0 Å². The first-order valence-corrected chi connectivity index (χ1v) is 8.43. The van der Waals surface area contributed by atoms with E-state index in [0.29, 0.717) is 0 Å². The number of benzene rings is 3. The lowest BCUT2D eigenvalue weighted by molar-refractivity contribution is 0.0943. The third-order valence-corrected chi connectivity index (χ3v) is 4.55. The Balaban J connectivity index is 2.20. The Morgan fingerprint density at radius 3 is 2.00 bits per heavy atom. The van der Waals surface area contributed by atoms with Gasteiger partial charge in [0.2, 0.25) is 5.91 Å². The maximum Gasteiger partial charge on any atom is 0.228 e. The molecule has 0 aliphatic carbocycles. The van der Waals surface area contributed by atoms with Gasteiger partial charge in [0.25, 0.3) is 0 Å². The van der Waals surface area contributed by atoms with Crippen molar-refractivity contribution >= 4 is 16.8 Å². The minimum atomic E-state index is 0.0247. The Morgan fingerprint density at radius 1 is 0.800 bits per heavy atom. The molecule has 0 spiro atoms. The van der Waals surface area contributed by atoms with E-state index >= 15 is 0 Å². The summed E-state index contributed by atoms with van der Waals surface area (Å²) in [6.45, 7) is 3.68. The molecular formula is C23H19NO. The molecule has 0 fully saturated rings. The predicted octanol–water partition coefficient (Wildman–Crippen LogP) is 5.94. The highest BCUT2D eigenvalue weighted by atomic mass is 16.1. The molecule has 1 aromatic heterocycles. The first-order valence-electron chi connectivity index (χ1n) is 8.43. The third kappa shape index (κ3) is 2.56. The van der Waals surface area contributed by atoms with Gasteiger partial charge in [-0.2, -0.15) is 0 Å². The number of hydrogen-bond acceptors (Lipinski definition) is 1. The second kappa shape index (κ2) is 6.06. The van der Waals surface area contributed by atoms with Crippen molar-refractivity contribution in [2.75, 3.05) is 0 Å². The fourth-order valence-corrected chi connectivity index (χ4v) is 3.49. The predicted molar refractivity (Wildman–Crippen MR) is 104 cm³/mol. The summed E-state index contributed by atoms with van der Waals surface area (Å²) in [5, 5.41) is 1.10. The number of fused-ring (bicyclic) bond motifs is 1. The first kappa shape index (κ1) is 15.4. The largest absolute Gasteiger partial charge is 0.279 e. The van der Waals surface area contributed by atoms with E-state index in [0.717, 1.165) is 38.9 Å². The van der Waals surface area contributed by atoms with E-state index in [1.165, 1.54) is 0 Å². The highest BCUT2D eigenvalue weighted by Crippen LogP contribution is 2.41. The first-order chi connectivity index (χ1) is 12.2. The number of hydrogen-bond donors (Lipinski definition) is 0. The molecule has 4 rings (SSSR count). The molecule has 0 saturated carbocycles. The van der Waals surface area contributed by atoms with E-state index in [1.807, 2.05) is 41.0 Å². The van der Waals surface area contributed by atoms with Crippen LogP contribution < -0.4 is 0 Å². The third-order valence-electron chi connectivity index (χ3n) is 4.55. The maximum absolute atomic E-state index is 12.6. The van der Waals surface area contributed by atoms with Crippen LogP contribution in [0.1, 0.15) is 17.3 Å². The average molecular weight is 325 g/mol. The number of aromatic nitrogens is 1.